The zero-order valence-corrected chi connectivity index (χ0v) is 13.1. The molecule has 2 rings (SSSR count). The molecule has 0 aromatic heterocycles. The van der Waals surface area contributed by atoms with Crippen LogP contribution in [0.5, 0.6) is 0 Å². The molecule has 0 saturated carbocycles. The highest BCUT2D eigenvalue weighted by Gasteiger charge is 2.43. The first-order valence-corrected chi connectivity index (χ1v) is 7.43. The minimum absolute atomic E-state index is 0.0764. The van der Waals surface area contributed by atoms with Crippen LogP contribution >= 0.6 is 0 Å². The molecule has 1 saturated heterocycles. The highest BCUT2D eigenvalue weighted by Crippen LogP contribution is 2.43. The summed E-state index contributed by atoms with van der Waals surface area (Å²) >= 11 is 0. The Morgan fingerprint density at radius 1 is 1.10 bits per heavy atom. The molecule has 0 bridgehead atoms. The van der Waals surface area contributed by atoms with Crippen LogP contribution in [0, 0.1) is 5.41 Å². The van der Waals surface area contributed by atoms with Crippen LogP contribution in [-0.2, 0) is 4.65 Å². The lowest BCUT2D eigenvalue weighted by molar-refractivity contribution is -0.0314. The van der Waals surface area contributed by atoms with Crippen LogP contribution in [-0.4, -0.2) is 12.5 Å². The minimum Gasteiger partial charge on any atom is -0.426 e. The Morgan fingerprint density at radius 2 is 1.70 bits per heavy atom. The molecule has 0 aliphatic carbocycles. The number of hydrogen-bond acceptors (Lipinski definition) is 1. The summed E-state index contributed by atoms with van der Waals surface area (Å²) in [5.74, 6) is 2.19. The van der Waals surface area contributed by atoms with Crippen molar-refractivity contribution in [1.29, 1.82) is 0 Å². The molecule has 1 heterocycles. The lowest BCUT2D eigenvalue weighted by Crippen LogP contribution is -2.49. The molecule has 2 heteroatoms. The smallest absolute Gasteiger partial charge is 0.320 e. The molecular formula is C18H25BO. The van der Waals surface area contributed by atoms with Gasteiger partial charge in [-0.1, -0.05) is 62.8 Å². The van der Waals surface area contributed by atoms with E-state index < -0.39 is 0 Å². The summed E-state index contributed by atoms with van der Waals surface area (Å²) < 4.78 is 6.25. The lowest BCUT2D eigenvalue weighted by Gasteiger charge is -2.47. The van der Waals surface area contributed by atoms with Gasteiger partial charge in [0.2, 0.25) is 0 Å². The summed E-state index contributed by atoms with van der Waals surface area (Å²) in [4.78, 5) is 0. The monoisotopic (exact) mass is 268 g/mol. The molecule has 1 aliphatic heterocycles. The summed E-state index contributed by atoms with van der Waals surface area (Å²) in [5, 5.41) is 0. The molecule has 106 valence electrons. The van der Waals surface area contributed by atoms with Crippen molar-refractivity contribution in [2.75, 3.05) is 0 Å². The average Bonchev–Trinajstić information content (AvgIpc) is 2.41. The van der Waals surface area contributed by atoms with Crippen LogP contribution in [0.3, 0.4) is 0 Å². The second kappa shape index (κ2) is 5.61. The topological polar surface area (TPSA) is 9.23 Å². The number of hydrogen-bond donors (Lipinski definition) is 0. The molecule has 0 amide bonds. The van der Waals surface area contributed by atoms with Crippen LogP contribution in [0.15, 0.2) is 36.8 Å². The third-order valence-corrected chi connectivity index (χ3v) is 4.81. The maximum atomic E-state index is 6.25. The molecule has 1 aliphatic rings. The first kappa shape index (κ1) is 15.1. The molecule has 1 nitrogen and oxygen atoms in total. The first-order chi connectivity index (χ1) is 9.34. The lowest BCUT2D eigenvalue weighted by atomic mass is 9.54. The maximum Gasteiger partial charge on any atom is 0.320 e. The summed E-state index contributed by atoms with van der Waals surface area (Å²) in [5.41, 5.74) is 2.52. The molecule has 1 fully saturated rings. The van der Waals surface area contributed by atoms with Crippen molar-refractivity contribution in [2.24, 2.45) is 5.41 Å². The Labute approximate surface area is 123 Å². The maximum absolute atomic E-state index is 6.25. The van der Waals surface area contributed by atoms with Crippen LogP contribution in [0.2, 0.25) is 6.32 Å². The Balaban J connectivity index is 2.03. The van der Waals surface area contributed by atoms with Gasteiger partial charge in [-0.3, -0.25) is 0 Å². The van der Waals surface area contributed by atoms with Crippen molar-refractivity contribution < 1.29 is 4.65 Å². The van der Waals surface area contributed by atoms with Gasteiger partial charge in [0.15, 0.2) is 0 Å². The minimum atomic E-state index is -0.0764. The second-order valence-electron chi connectivity index (χ2n) is 6.82. The van der Waals surface area contributed by atoms with Crippen LogP contribution in [0.25, 0.3) is 12.2 Å². The van der Waals surface area contributed by atoms with Crippen LogP contribution in [0.1, 0.15) is 45.2 Å². The van der Waals surface area contributed by atoms with E-state index in [1.54, 1.807) is 0 Å². The summed E-state index contributed by atoms with van der Waals surface area (Å²) in [6, 6.07) is 8.40. The van der Waals surface area contributed by atoms with Gasteiger partial charge in [-0.2, -0.15) is 0 Å². The van der Waals surface area contributed by atoms with Crippen molar-refractivity contribution in [3.8, 4) is 0 Å². The molecule has 1 aromatic carbocycles. The quantitative estimate of drug-likeness (QED) is 0.693. The van der Waals surface area contributed by atoms with Crippen molar-refractivity contribution in [3.05, 3.63) is 47.9 Å². The summed E-state index contributed by atoms with van der Waals surface area (Å²) in [7, 11) is 0. The molecule has 20 heavy (non-hydrogen) atoms. The SMILES string of the molecule is C=Cc1ccc(/C=C/B2CCC(C)(C)C(C)(C)O2)cc1. The van der Waals surface area contributed by atoms with E-state index in [9.17, 15) is 0 Å². The standard InChI is InChI=1S/C18H25BO/c1-6-15-7-9-16(10-8-15)11-13-19-14-12-17(2,3)18(4,5)20-19/h6-11,13H,1,12,14H2,2-5H3/b13-11+. The van der Waals surface area contributed by atoms with Crippen LogP contribution in [0.4, 0.5) is 0 Å². The van der Waals surface area contributed by atoms with E-state index in [0.717, 1.165) is 11.9 Å². The van der Waals surface area contributed by atoms with E-state index in [0.29, 0.717) is 0 Å². The van der Waals surface area contributed by atoms with Crippen molar-refractivity contribution in [3.63, 3.8) is 0 Å². The van der Waals surface area contributed by atoms with Crippen molar-refractivity contribution in [1.82, 2.24) is 0 Å². The number of rotatable bonds is 3. The van der Waals surface area contributed by atoms with Gasteiger partial charge in [0, 0.05) is 0 Å². The van der Waals surface area contributed by atoms with E-state index >= 15 is 0 Å². The second-order valence-corrected chi connectivity index (χ2v) is 6.82. The molecule has 0 N–H and O–H groups in total. The fourth-order valence-electron chi connectivity index (χ4n) is 2.50. The van der Waals surface area contributed by atoms with Crippen LogP contribution < -0.4 is 0 Å². The van der Waals surface area contributed by atoms with Gasteiger partial charge < -0.3 is 4.65 Å². The zero-order chi connectivity index (χ0) is 14.8. The third kappa shape index (κ3) is 3.24. The Kier molecular flexibility index (Phi) is 4.24. The largest absolute Gasteiger partial charge is 0.426 e. The Bertz CT molecular complexity index is 497. The molecule has 0 spiro atoms. The van der Waals surface area contributed by atoms with E-state index in [2.05, 4.69) is 70.6 Å². The molecular weight excluding hydrogens is 243 g/mol. The Hall–Kier alpha value is -1.28. The third-order valence-electron chi connectivity index (χ3n) is 4.81. The average molecular weight is 268 g/mol. The summed E-state index contributed by atoms with van der Waals surface area (Å²) in [6.45, 7) is 13.0. The predicted octanol–water partition coefficient (Wildman–Crippen LogP) is 5.10. The fourth-order valence-corrected chi connectivity index (χ4v) is 2.50. The van der Waals surface area contributed by atoms with Gasteiger partial charge in [-0.05, 0) is 43.1 Å². The highest BCUT2D eigenvalue weighted by molar-refractivity contribution is 6.58. The van der Waals surface area contributed by atoms with E-state index in [1.807, 2.05) is 6.08 Å². The fraction of sp³-hybridized carbons (Fsp3) is 0.444. The van der Waals surface area contributed by atoms with Gasteiger partial charge in [-0.15, -0.1) is 0 Å². The normalized spacial score (nSPS) is 21.1. The first-order valence-electron chi connectivity index (χ1n) is 7.43. The van der Waals surface area contributed by atoms with Gasteiger partial charge in [0.25, 0.3) is 0 Å². The van der Waals surface area contributed by atoms with Gasteiger partial charge in [-0.25, -0.2) is 0 Å². The van der Waals surface area contributed by atoms with Gasteiger partial charge >= 0.3 is 6.92 Å². The van der Waals surface area contributed by atoms with Crippen molar-refractivity contribution >= 4 is 19.1 Å². The summed E-state index contributed by atoms with van der Waals surface area (Å²) in [6.07, 6.45) is 6.32. The van der Waals surface area contributed by atoms with Gasteiger partial charge in [0.1, 0.15) is 0 Å². The predicted molar refractivity (Wildman–Crippen MR) is 89.7 cm³/mol. The Morgan fingerprint density at radius 3 is 2.25 bits per heavy atom. The van der Waals surface area contributed by atoms with Gasteiger partial charge in [0.05, 0.1) is 5.60 Å². The molecule has 0 radical (unpaired) electrons. The van der Waals surface area contributed by atoms with E-state index in [4.69, 9.17) is 4.65 Å². The number of benzene rings is 1. The molecule has 0 unspecified atom stereocenters. The molecule has 0 atom stereocenters. The van der Waals surface area contributed by atoms with E-state index in [-0.39, 0.29) is 17.9 Å². The van der Waals surface area contributed by atoms with Crippen molar-refractivity contribution in [2.45, 2.75) is 46.0 Å². The molecule has 1 aromatic rings. The highest BCUT2D eigenvalue weighted by atomic mass is 16.5. The van der Waals surface area contributed by atoms with E-state index in [1.165, 1.54) is 12.0 Å². The zero-order valence-electron chi connectivity index (χ0n) is 13.1.